The van der Waals surface area contributed by atoms with Gasteiger partial charge in [0, 0.05) is 50.4 Å². The highest BCUT2D eigenvalue weighted by Crippen LogP contribution is 2.27. The van der Waals surface area contributed by atoms with Gasteiger partial charge < -0.3 is 15.1 Å². The number of hydrogen-bond donors (Lipinski definition) is 1. The molecule has 5 nitrogen and oxygen atoms in total. The zero-order valence-corrected chi connectivity index (χ0v) is 15.3. The van der Waals surface area contributed by atoms with Crippen LogP contribution >= 0.6 is 0 Å². The Morgan fingerprint density at radius 1 is 1.00 bits per heavy atom. The lowest BCUT2D eigenvalue weighted by Gasteiger charge is -2.34. The average Bonchev–Trinajstić information content (AvgIpc) is 3.16. The van der Waals surface area contributed by atoms with E-state index >= 15 is 0 Å². The lowest BCUT2D eigenvalue weighted by Crippen LogP contribution is -2.47. The van der Waals surface area contributed by atoms with Crippen LogP contribution in [0.1, 0.15) is 48.9 Å². The molecule has 0 unspecified atom stereocenters. The molecule has 1 aromatic carbocycles. The first-order chi connectivity index (χ1) is 12.0. The molecule has 0 radical (unpaired) electrons. The van der Waals surface area contributed by atoms with Crippen LogP contribution in [0.15, 0.2) is 24.3 Å². The van der Waals surface area contributed by atoms with Gasteiger partial charge in [-0.3, -0.25) is 9.59 Å². The second-order valence-electron chi connectivity index (χ2n) is 7.50. The number of carbonyl (C=O) groups excluding carboxylic acids is 2. The summed E-state index contributed by atoms with van der Waals surface area (Å²) in [5, 5.41) is 3.12. The average molecular weight is 343 g/mol. The van der Waals surface area contributed by atoms with E-state index in [9.17, 15) is 9.59 Å². The largest absolute Gasteiger partial charge is 0.378 e. The summed E-state index contributed by atoms with van der Waals surface area (Å²) in [7, 11) is 3.96. The summed E-state index contributed by atoms with van der Waals surface area (Å²) >= 11 is 0. The predicted molar refractivity (Wildman–Crippen MR) is 99.8 cm³/mol. The van der Waals surface area contributed by atoms with Crippen LogP contribution in [-0.4, -0.2) is 49.9 Å². The van der Waals surface area contributed by atoms with E-state index < -0.39 is 0 Å². The molecule has 0 spiro atoms. The summed E-state index contributed by atoms with van der Waals surface area (Å²) in [6.45, 7) is 1.53. The molecule has 136 valence electrons. The van der Waals surface area contributed by atoms with Gasteiger partial charge in [0.15, 0.2) is 0 Å². The Hall–Kier alpha value is -2.04. The van der Waals surface area contributed by atoms with E-state index in [0.717, 1.165) is 44.5 Å². The maximum Gasteiger partial charge on any atom is 0.251 e. The standard InChI is InChI=1S/C20H29N3O2/c1-22(2)18-9-7-15(8-10-18)19(24)21-17-11-13-23(14-12-17)20(25)16-5-3-4-6-16/h7-10,16-17H,3-6,11-14H2,1-2H3,(H,21,24). The van der Waals surface area contributed by atoms with Crippen LogP contribution in [0.2, 0.25) is 0 Å². The molecule has 1 saturated carbocycles. The number of hydrogen-bond acceptors (Lipinski definition) is 3. The smallest absolute Gasteiger partial charge is 0.251 e. The number of rotatable bonds is 4. The highest BCUT2D eigenvalue weighted by atomic mass is 16.2. The van der Waals surface area contributed by atoms with Crippen LogP contribution in [0, 0.1) is 5.92 Å². The Labute approximate surface area is 150 Å². The normalized spacial score (nSPS) is 19.0. The topological polar surface area (TPSA) is 52.7 Å². The molecule has 3 rings (SSSR count). The molecule has 25 heavy (non-hydrogen) atoms. The lowest BCUT2D eigenvalue weighted by molar-refractivity contribution is -0.136. The number of nitrogens with zero attached hydrogens (tertiary/aromatic N) is 2. The van der Waals surface area contributed by atoms with Crippen molar-refractivity contribution in [2.45, 2.75) is 44.6 Å². The third-order valence-electron chi connectivity index (χ3n) is 5.49. The molecule has 1 aliphatic carbocycles. The summed E-state index contributed by atoms with van der Waals surface area (Å²) in [5.74, 6) is 0.564. The van der Waals surface area contributed by atoms with E-state index in [1.165, 1.54) is 12.8 Å². The van der Waals surface area contributed by atoms with E-state index in [2.05, 4.69) is 5.32 Å². The molecule has 0 aromatic heterocycles. The van der Waals surface area contributed by atoms with E-state index in [4.69, 9.17) is 0 Å². The summed E-state index contributed by atoms with van der Waals surface area (Å²) in [4.78, 5) is 28.9. The third kappa shape index (κ3) is 4.33. The molecule has 1 aromatic rings. The van der Waals surface area contributed by atoms with E-state index in [-0.39, 0.29) is 17.9 Å². The van der Waals surface area contributed by atoms with Gasteiger partial charge >= 0.3 is 0 Å². The van der Waals surface area contributed by atoms with Gasteiger partial charge in [0.05, 0.1) is 0 Å². The van der Waals surface area contributed by atoms with Crippen LogP contribution in [-0.2, 0) is 4.79 Å². The first kappa shape index (κ1) is 17.8. The Bertz CT molecular complexity index is 598. The molecular weight excluding hydrogens is 314 g/mol. The number of nitrogens with one attached hydrogen (secondary N) is 1. The summed E-state index contributed by atoms with van der Waals surface area (Å²) in [6.07, 6.45) is 6.18. The van der Waals surface area contributed by atoms with Crippen molar-refractivity contribution in [1.29, 1.82) is 0 Å². The minimum atomic E-state index is -0.0223. The predicted octanol–water partition coefficient (Wildman–Crippen LogP) is 2.66. The highest BCUT2D eigenvalue weighted by Gasteiger charge is 2.30. The molecule has 1 N–H and O–H groups in total. The number of benzene rings is 1. The van der Waals surface area contributed by atoms with Crippen LogP contribution in [0.3, 0.4) is 0 Å². The zero-order chi connectivity index (χ0) is 17.8. The lowest BCUT2D eigenvalue weighted by atomic mass is 10.0. The van der Waals surface area contributed by atoms with E-state index in [0.29, 0.717) is 11.5 Å². The Kier molecular flexibility index (Phi) is 5.61. The molecule has 1 saturated heterocycles. The van der Waals surface area contributed by atoms with E-state index in [1.54, 1.807) is 0 Å². The zero-order valence-electron chi connectivity index (χ0n) is 15.3. The first-order valence-corrected chi connectivity index (χ1v) is 9.41. The summed E-state index contributed by atoms with van der Waals surface area (Å²) in [5.41, 5.74) is 1.77. The third-order valence-corrected chi connectivity index (χ3v) is 5.49. The Balaban J connectivity index is 1.48. The van der Waals surface area contributed by atoms with Gasteiger partial charge in [-0.15, -0.1) is 0 Å². The van der Waals surface area contributed by atoms with Crippen molar-refractivity contribution in [3.63, 3.8) is 0 Å². The molecular formula is C20H29N3O2. The van der Waals surface area contributed by atoms with Crippen LogP contribution in [0.4, 0.5) is 5.69 Å². The first-order valence-electron chi connectivity index (χ1n) is 9.41. The maximum absolute atomic E-state index is 12.5. The molecule has 1 heterocycles. The maximum atomic E-state index is 12.5. The molecule has 0 atom stereocenters. The number of carbonyl (C=O) groups is 2. The van der Waals surface area contributed by atoms with Crippen LogP contribution in [0.5, 0.6) is 0 Å². The number of piperidine rings is 1. The fourth-order valence-corrected chi connectivity index (χ4v) is 3.85. The van der Waals surface area contributed by atoms with Gasteiger partial charge in [-0.05, 0) is 49.9 Å². The number of anilines is 1. The molecule has 1 aliphatic heterocycles. The fraction of sp³-hybridized carbons (Fsp3) is 0.600. The van der Waals surface area contributed by atoms with Crippen LogP contribution < -0.4 is 10.2 Å². The fourth-order valence-electron chi connectivity index (χ4n) is 3.85. The van der Waals surface area contributed by atoms with Crippen molar-refractivity contribution in [2.24, 2.45) is 5.92 Å². The van der Waals surface area contributed by atoms with Crippen molar-refractivity contribution in [3.8, 4) is 0 Å². The molecule has 0 bridgehead atoms. The summed E-state index contributed by atoms with van der Waals surface area (Å²) in [6, 6.07) is 7.80. The van der Waals surface area contributed by atoms with Gasteiger partial charge in [0.1, 0.15) is 0 Å². The SMILES string of the molecule is CN(C)c1ccc(C(=O)NC2CCN(C(=O)C3CCCC3)CC2)cc1. The second kappa shape index (κ2) is 7.89. The molecule has 5 heteroatoms. The molecule has 2 amide bonds. The van der Waals surface area contributed by atoms with Crippen molar-refractivity contribution >= 4 is 17.5 Å². The van der Waals surface area contributed by atoms with Gasteiger partial charge in [-0.25, -0.2) is 0 Å². The van der Waals surface area contributed by atoms with Gasteiger partial charge in [0.2, 0.25) is 5.91 Å². The van der Waals surface area contributed by atoms with Gasteiger partial charge in [-0.1, -0.05) is 12.8 Å². The molecule has 2 fully saturated rings. The summed E-state index contributed by atoms with van der Waals surface area (Å²) < 4.78 is 0. The number of amides is 2. The molecule has 2 aliphatic rings. The van der Waals surface area contributed by atoms with Crippen molar-refractivity contribution in [3.05, 3.63) is 29.8 Å². The minimum absolute atomic E-state index is 0.0223. The minimum Gasteiger partial charge on any atom is -0.378 e. The quantitative estimate of drug-likeness (QED) is 0.914. The van der Waals surface area contributed by atoms with Crippen LogP contribution in [0.25, 0.3) is 0 Å². The van der Waals surface area contributed by atoms with Crippen molar-refractivity contribution in [2.75, 3.05) is 32.1 Å². The van der Waals surface area contributed by atoms with Gasteiger partial charge in [-0.2, -0.15) is 0 Å². The van der Waals surface area contributed by atoms with Gasteiger partial charge in [0.25, 0.3) is 5.91 Å². The van der Waals surface area contributed by atoms with Crippen molar-refractivity contribution in [1.82, 2.24) is 10.2 Å². The van der Waals surface area contributed by atoms with E-state index in [1.807, 2.05) is 48.2 Å². The Morgan fingerprint density at radius 2 is 1.60 bits per heavy atom. The monoisotopic (exact) mass is 343 g/mol. The van der Waals surface area contributed by atoms with Crippen molar-refractivity contribution < 1.29 is 9.59 Å². The number of likely N-dealkylation sites (tertiary alicyclic amines) is 1. The highest BCUT2D eigenvalue weighted by molar-refractivity contribution is 5.94. The second-order valence-corrected chi connectivity index (χ2v) is 7.50. The Morgan fingerprint density at radius 3 is 2.16 bits per heavy atom.